The number of rotatable bonds is 2. The molecule has 1 aromatic carbocycles. The quantitative estimate of drug-likeness (QED) is 0.647. The minimum Gasteiger partial charge on any atom is -0.370 e. The van der Waals surface area contributed by atoms with Gasteiger partial charge in [0.2, 0.25) is 0 Å². The molecule has 2 rings (SSSR count). The SMILES string of the molecule is O=C(Cl)Nc1ccc(N2CCOCC2=O)cc1. The summed E-state index contributed by atoms with van der Waals surface area (Å²) in [5.41, 5.74) is 1.38. The number of carbonyl (C=O) groups is 2. The van der Waals surface area contributed by atoms with E-state index in [4.69, 9.17) is 16.3 Å². The highest BCUT2D eigenvalue weighted by Gasteiger charge is 2.19. The summed E-state index contributed by atoms with van der Waals surface area (Å²) in [6.45, 7) is 1.19. The Morgan fingerprint density at radius 3 is 2.65 bits per heavy atom. The van der Waals surface area contributed by atoms with Crippen LogP contribution in [-0.2, 0) is 9.53 Å². The summed E-state index contributed by atoms with van der Waals surface area (Å²) < 4.78 is 5.04. The topological polar surface area (TPSA) is 58.6 Å². The summed E-state index contributed by atoms with van der Waals surface area (Å²) in [5.74, 6) is -0.0645. The largest absolute Gasteiger partial charge is 0.370 e. The van der Waals surface area contributed by atoms with Crippen LogP contribution in [0.2, 0.25) is 0 Å². The summed E-state index contributed by atoms with van der Waals surface area (Å²) >= 11 is 5.19. The minimum atomic E-state index is -0.639. The van der Waals surface area contributed by atoms with Gasteiger partial charge in [-0.2, -0.15) is 0 Å². The molecule has 5 nitrogen and oxygen atoms in total. The first-order valence-corrected chi connectivity index (χ1v) is 5.49. The van der Waals surface area contributed by atoms with E-state index in [1.807, 2.05) is 0 Å². The zero-order chi connectivity index (χ0) is 12.3. The fraction of sp³-hybridized carbons (Fsp3) is 0.273. The Morgan fingerprint density at radius 2 is 2.06 bits per heavy atom. The van der Waals surface area contributed by atoms with E-state index in [9.17, 15) is 9.59 Å². The average molecular weight is 255 g/mol. The molecule has 1 fully saturated rings. The normalized spacial score (nSPS) is 15.8. The zero-order valence-corrected chi connectivity index (χ0v) is 9.74. The molecule has 0 spiro atoms. The number of halogens is 1. The van der Waals surface area contributed by atoms with Crippen molar-refractivity contribution < 1.29 is 14.3 Å². The molecule has 0 bridgehead atoms. The molecule has 6 heteroatoms. The van der Waals surface area contributed by atoms with Gasteiger partial charge in [0.25, 0.3) is 5.91 Å². The van der Waals surface area contributed by atoms with Gasteiger partial charge in [-0.3, -0.25) is 9.59 Å². The van der Waals surface area contributed by atoms with Crippen molar-refractivity contribution in [2.24, 2.45) is 0 Å². The standard InChI is InChI=1S/C11H11ClN2O3/c12-11(16)13-8-1-3-9(4-2-8)14-5-6-17-7-10(14)15/h1-4H,5-7H2,(H,13,16). The maximum atomic E-state index is 11.6. The molecular weight excluding hydrogens is 244 g/mol. The molecule has 17 heavy (non-hydrogen) atoms. The zero-order valence-electron chi connectivity index (χ0n) is 8.98. The van der Waals surface area contributed by atoms with Gasteiger partial charge in [0.1, 0.15) is 6.61 Å². The van der Waals surface area contributed by atoms with E-state index in [2.05, 4.69) is 5.32 Å². The Morgan fingerprint density at radius 1 is 1.35 bits per heavy atom. The Bertz CT molecular complexity index is 433. The van der Waals surface area contributed by atoms with Crippen molar-refractivity contribution in [3.63, 3.8) is 0 Å². The van der Waals surface area contributed by atoms with Crippen LogP contribution in [-0.4, -0.2) is 31.0 Å². The predicted octanol–water partition coefficient (Wildman–Crippen LogP) is 1.82. The Balaban J connectivity index is 2.11. The molecule has 1 aliphatic rings. The Hall–Kier alpha value is -1.59. The highest BCUT2D eigenvalue weighted by atomic mass is 35.5. The second kappa shape index (κ2) is 5.16. The molecule has 1 N–H and O–H groups in total. The van der Waals surface area contributed by atoms with E-state index in [-0.39, 0.29) is 12.5 Å². The molecule has 1 saturated heterocycles. The summed E-state index contributed by atoms with van der Waals surface area (Å²) in [4.78, 5) is 23.8. The van der Waals surface area contributed by atoms with Crippen LogP contribution in [0.5, 0.6) is 0 Å². The lowest BCUT2D eigenvalue weighted by Crippen LogP contribution is -2.41. The molecule has 2 amide bonds. The van der Waals surface area contributed by atoms with Crippen molar-refractivity contribution in [1.82, 2.24) is 0 Å². The lowest BCUT2D eigenvalue weighted by molar-refractivity contribution is -0.125. The molecule has 0 aromatic heterocycles. The number of morpholine rings is 1. The number of carbonyl (C=O) groups excluding carboxylic acids is 2. The first kappa shape index (κ1) is 11.9. The predicted molar refractivity (Wildman–Crippen MR) is 64.5 cm³/mol. The van der Waals surface area contributed by atoms with Gasteiger partial charge in [0.15, 0.2) is 0 Å². The smallest absolute Gasteiger partial charge is 0.318 e. The van der Waals surface area contributed by atoms with Gasteiger partial charge < -0.3 is 15.0 Å². The van der Waals surface area contributed by atoms with Crippen molar-refractivity contribution in [3.05, 3.63) is 24.3 Å². The van der Waals surface area contributed by atoms with Crippen LogP contribution < -0.4 is 10.2 Å². The number of hydrogen-bond donors (Lipinski definition) is 1. The number of amides is 2. The van der Waals surface area contributed by atoms with E-state index in [0.29, 0.717) is 18.8 Å². The number of ether oxygens (including phenoxy) is 1. The lowest BCUT2D eigenvalue weighted by atomic mass is 10.2. The summed E-state index contributed by atoms with van der Waals surface area (Å²) in [5, 5.41) is 1.81. The van der Waals surface area contributed by atoms with Crippen LogP contribution in [0.4, 0.5) is 16.2 Å². The van der Waals surface area contributed by atoms with E-state index >= 15 is 0 Å². The molecule has 90 valence electrons. The first-order chi connectivity index (χ1) is 8.16. The molecule has 0 aliphatic carbocycles. The lowest BCUT2D eigenvalue weighted by Gasteiger charge is -2.26. The number of anilines is 2. The van der Waals surface area contributed by atoms with Crippen LogP contribution in [0, 0.1) is 0 Å². The van der Waals surface area contributed by atoms with Gasteiger partial charge in [-0.25, -0.2) is 0 Å². The Kier molecular flexibility index (Phi) is 3.61. The van der Waals surface area contributed by atoms with Gasteiger partial charge in [-0.15, -0.1) is 0 Å². The van der Waals surface area contributed by atoms with Gasteiger partial charge in [-0.1, -0.05) is 0 Å². The van der Waals surface area contributed by atoms with Gasteiger partial charge in [0, 0.05) is 17.9 Å². The van der Waals surface area contributed by atoms with Crippen molar-refractivity contribution >= 4 is 34.2 Å². The molecular formula is C11H11ClN2O3. The molecule has 1 aliphatic heterocycles. The number of benzene rings is 1. The second-order valence-electron chi connectivity index (χ2n) is 3.54. The van der Waals surface area contributed by atoms with Crippen LogP contribution >= 0.6 is 11.6 Å². The highest BCUT2D eigenvalue weighted by Crippen LogP contribution is 2.19. The maximum absolute atomic E-state index is 11.6. The average Bonchev–Trinajstić information content (AvgIpc) is 2.30. The van der Waals surface area contributed by atoms with Crippen molar-refractivity contribution in [1.29, 1.82) is 0 Å². The second-order valence-corrected chi connectivity index (χ2v) is 3.89. The highest BCUT2D eigenvalue weighted by molar-refractivity contribution is 6.65. The molecule has 1 heterocycles. The van der Waals surface area contributed by atoms with Crippen LogP contribution in [0.1, 0.15) is 0 Å². The third kappa shape index (κ3) is 2.95. The molecule has 0 atom stereocenters. The van der Waals surface area contributed by atoms with E-state index in [0.717, 1.165) is 5.69 Å². The summed E-state index contributed by atoms with van der Waals surface area (Å²) in [6, 6.07) is 6.90. The molecule has 0 unspecified atom stereocenters. The van der Waals surface area contributed by atoms with Crippen LogP contribution in [0.25, 0.3) is 0 Å². The summed E-state index contributed by atoms with van der Waals surface area (Å²) in [7, 11) is 0. The van der Waals surface area contributed by atoms with Crippen molar-refractivity contribution in [3.8, 4) is 0 Å². The minimum absolute atomic E-state index is 0.0645. The van der Waals surface area contributed by atoms with Gasteiger partial charge in [-0.05, 0) is 35.9 Å². The van der Waals surface area contributed by atoms with Gasteiger partial charge in [0.05, 0.1) is 6.61 Å². The van der Waals surface area contributed by atoms with E-state index in [1.54, 1.807) is 29.2 Å². The van der Waals surface area contributed by atoms with Crippen molar-refractivity contribution in [2.45, 2.75) is 0 Å². The number of nitrogens with one attached hydrogen (secondary N) is 1. The fourth-order valence-corrected chi connectivity index (χ4v) is 1.74. The fourth-order valence-electron chi connectivity index (χ4n) is 1.63. The summed E-state index contributed by atoms with van der Waals surface area (Å²) in [6.07, 6.45) is 0. The molecule has 0 radical (unpaired) electrons. The van der Waals surface area contributed by atoms with E-state index in [1.165, 1.54) is 0 Å². The number of nitrogens with zero attached hydrogens (tertiary/aromatic N) is 1. The van der Waals surface area contributed by atoms with Crippen LogP contribution in [0.3, 0.4) is 0 Å². The first-order valence-electron chi connectivity index (χ1n) is 5.11. The van der Waals surface area contributed by atoms with Gasteiger partial charge >= 0.3 is 5.37 Å². The number of hydrogen-bond acceptors (Lipinski definition) is 3. The Labute approximate surface area is 103 Å². The maximum Gasteiger partial charge on any atom is 0.318 e. The monoisotopic (exact) mass is 254 g/mol. The third-order valence-corrected chi connectivity index (χ3v) is 2.50. The molecule has 1 aromatic rings. The molecule has 0 saturated carbocycles. The third-order valence-electron chi connectivity index (χ3n) is 2.41. The van der Waals surface area contributed by atoms with Crippen LogP contribution in [0.15, 0.2) is 24.3 Å². The van der Waals surface area contributed by atoms with E-state index < -0.39 is 5.37 Å². The van der Waals surface area contributed by atoms with Crippen molar-refractivity contribution in [2.75, 3.05) is 30.0 Å².